The first kappa shape index (κ1) is 26.8. The van der Waals surface area contributed by atoms with Crippen molar-refractivity contribution in [3.8, 4) is 0 Å². The van der Waals surface area contributed by atoms with Gasteiger partial charge in [0.15, 0.2) is 5.78 Å². The van der Waals surface area contributed by atoms with Crippen LogP contribution in [0, 0.1) is 23.2 Å². The molecule has 1 spiro atoms. The van der Waals surface area contributed by atoms with E-state index in [2.05, 4.69) is 5.32 Å². The molecule has 2 heterocycles. The number of ketones is 1. The Morgan fingerprint density at radius 1 is 1.18 bits per heavy atom. The molecule has 8 nitrogen and oxygen atoms in total. The van der Waals surface area contributed by atoms with E-state index in [-0.39, 0.29) is 17.7 Å². The number of hydrogen-bond acceptors (Lipinski definition) is 7. The van der Waals surface area contributed by atoms with Crippen LogP contribution in [0.4, 0.5) is 0 Å². The topological polar surface area (TPSA) is 125 Å². The van der Waals surface area contributed by atoms with Crippen LogP contribution in [0.2, 0.25) is 0 Å². The maximum Gasteiger partial charge on any atom is 0.303 e. The van der Waals surface area contributed by atoms with Crippen LogP contribution in [0.25, 0.3) is 0 Å². The summed E-state index contributed by atoms with van der Waals surface area (Å²) in [6.45, 7) is 8.23. The number of ether oxygens (including phenoxy) is 2. The van der Waals surface area contributed by atoms with Crippen LogP contribution in [0.1, 0.15) is 46.6 Å². The second kappa shape index (κ2) is 9.43. The fourth-order valence-corrected chi connectivity index (χ4v) is 7.27. The van der Waals surface area contributed by atoms with Crippen LogP contribution in [0.15, 0.2) is 53.6 Å². The highest BCUT2D eigenvalue weighted by Crippen LogP contribution is 2.60. The van der Waals surface area contributed by atoms with Gasteiger partial charge in [0.2, 0.25) is 5.91 Å². The number of benzene rings is 1. The molecule has 2 aliphatic carbocycles. The molecule has 0 unspecified atom stereocenters. The number of allylic oxidation sites excluding steroid dienone is 1. The molecule has 2 fully saturated rings. The molecule has 1 amide bonds. The van der Waals surface area contributed by atoms with Gasteiger partial charge in [0.05, 0.1) is 6.10 Å². The molecule has 1 aromatic carbocycles. The van der Waals surface area contributed by atoms with E-state index in [1.54, 1.807) is 19.1 Å². The Hall–Kier alpha value is -2.81. The molecule has 0 radical (unpaired) electrons. The Morgan fingerprint density at radius 2 is 1.87 bits per heavy atom. The average Bonchev–Trinajstić information content (AvgIpc) is 3.62. The van der Waals surface area contributed by atoms with Crippen molar-refractivity contribution in [3.05, 3.63) is 59.2 Å². The molecule has 5 rings (SSSR count). The van der Waals surface area contributed by atoms with Crippen molar-refractivity contribution in [2.24, 2.45) is 23.2 Å². The van der Waals surface area contributed by atoms with Crippen LogP contribution in [-0.2, 0) is 30.3 Å². The Morgan fingerprint density at radius 3 is 2.53 bits per heavy atom. The summed E-state index contributed by atoms with van der Waals surface area (Å²) in [6, 6.07) is 9.51. The van der Waals surface area contributed by atoms with E-state index in [1.165, 1.54) is 13.8 Å². The lowest BCUT2D eigenvalue weighted by Crippen LogP contribution is -2.60. The third-order valence-corrected chi connectivity index (χ3v) is 9.27. The molecule has 3 N–H and O–H groups in total. The van der Waals surface area contributed by atoms with Gasteiger partial charge in [-0.25, -0.2) is 0 Å². The minimum atomic E-state index is -1.82. The number of nitrogens with one attached hydrogen (secondary N) is 1. The van der Waals surface area contributed by atoms with Gasteiger partial charge in [-0.2, -0.15) is 0 Å². The van der Waals surface area contributed by atoms with Crippen molar-refractivity contribution in [1.29, 1.82) is 0 Å². The molecular formula is C30H37NO7. The fourth-order valence-electron chi connectivity index (χ4n) is 7.27. The molecule has 10 atom stereocenters. The maximum atomic E-state index is 14.3. The predicted octanol–water partition coefficient (Wildman–Crippen LogP) is 2.27. The van der Waals surface area contributed by atoms with Gasteiger partial charge in [-0.15, -0.1) is 0 Å². The third-order valence-electron chi connectivity index (χ3n) is 9.27. The Kier molecular flexibility index (Phi) is 6.65. The summed E-state index contributed by atoms with van der Waals surface area (Å²) >= 11 is 0. The molecule has 0 aromatic heterocycles. The zero-order valence-corrected chi connectivity index (χ0v) is 22.5. The molecule has 0 saturated carbocycles. The number of rotatable bonds is 3. The molecule has 0 bridgehead atoms. The lowest BCUT2D eigenvalue weighted by Gasteiger charge is -2.50. The molecule has 8 heteroatoms. The molecule has 4 aliphatic rings. The van der Waals surface area contributed by atoms with Crippen LogP contribution >= 0.6 is 0 Å². The lowest BCUT2D eigenvalue weighted by atomic mass is 9.53. The van der Waals surface area contributed by atoms with Gasteiger partial charge in [0, 0.05) is 30.7 Å². The number of aliphatic hydroxyl groups is 2. The van der Waals surface area contributed by atoms with Gasteiger partial charge >= 0.3 is 5.97 Å². The van der Waals surface area contributed by atoms with Crippen LogP contribution in [0.3, 0.4) is 0 Å². The first-order chi connectivity index (χ1) is 17.9. The van der Waals surface area contributed by atoms with Crippen molar-refractivity contribution >= 4 is 17.7 Å². The van der Waals surface area contributed by atoms with Crippen molar-refractivity contribution in [1.82, 2.24) is 5.32 Å². The number of aliphatic hydroxyl groups excluding tert-OH is 1. The molecule has 2 aliphatic heterocycles. The number of amides is 1. The average molecular weight is 524 g/mol. The second-order valence-corrected chi connectivity index (χ2v) is 11.6. The largest absolute Gasteiger partial charge is 0.458 e. The highest BCUT2D eigenvalue weighted by Gasteiger charge is 2.73. The number of esters is 1. The number of hydrogen-bond donors (Lipinski definition) is 3. The summed E-state index contributed by atoms with van der Waals surface area (Å²) in [4.78, 5) is 40.0. The van der Waals surface area contributed by atoms with Gasteiger partial charge < -0.3 is 25.0 Å². The highest BCUT2D eigenvalue weighted by atomic mass is 16.6. The van der Waals surface area contributed by atoms with E-state index < -0.39 is 59.2 Å². The maximum absolute atomic E-state index is 14.3. The number of carbonyl (C=O) groups is 3. The SMILES string of the molecule is CC(=O)O[C@@H]1[C@@H]2O[C@H]2[C@@](C)(O)C(=O)[C@@H](C)CC=C[C@H]2[C@H](O)C(C)=C(C)[C@@H]3[C@H](Cc4ccccc4)NC(=O)[C@]132. The lowest BCUT2D eigenvalue weighted by molar-refractivity contribution is -0.169. The Labute approximate surface area is 223 Å². The van der Waals surface area contributed by atoms with Crippen molar-refractivity contribution in [2.45, 2.75) is 83.5 Å². The van der Waals surface area contributed by atoms with Gasteiger partial charge in [0.25, 0.3) is 0 Å². The van der Waals surface area contributed by atoms with Crippen molar-refractivity contribution in [3.63, 3.8) is 0 Å². The van der Waals surface area contributed by atoms with Crippen molar-refractivity contribution < 1.29 is 34.1 Å². The van der Waals surface area contributed by atoms with E-state index in [0.717, 1.165) is 16.7 Å². The second-order valence-electron chi connectivity index (χ2n) is 11.6. The van der Waals surface area contributed by atoms with Crippen LogP contribution in [0.5, 0.6) is 0 Å². The first-order valence-corrected chi connectivity index (χ1v) is 13.4. The van der Waals surface area contributed by atoms with E-state index >= 15 is 0 Å². The molecule has 1 aromatic rings. The minimum absolute atomic E-state index is 0.325. The highest BCUT2D eigenvalue weighted by molar-refractivity contribution is 5.91. The Bertz CT molecular complexity index is 1200. The van der Waals surface area contributed by atoms with Crippen molar-refractivity contribution in [2.75, 3.05) is 0 Å². The molecule has 38 heavy (non-hydrogen) atoms. The quantitative estimate of drug-likeness (QED) is 0.315. The minimum Gasteiger partial charge on any atom is -0.458 e. The number of Topliss-reactive ketones (excluding diaryl/α,β-unsaturated/α-hetero) is 1. The Balaban J connectivity index is 1.72. The van der Waals surface area contributed by atoms with E-state index in [0.29, 0.717) is 12.8 Å². The molecular weight excluding hydrogens is 486 g/mol. The third kappa shape index (κ3) is 3.96. The molecule has 2 saturated heterocycles. The van der Waals surface area contributed by atoms with Gasteiger partial charge in [-0.05, 0) is 44.7 Å². The van der Waals surface area contributed by atoms with E-state index in [9.17, 15) is 24.6 Å². The summed E-state index contributed by atoms with van der Waals surface area (Å²) in [5.41, 5.74) is -0.550. The van der Waals surface area contributed by atoms with Crippen LogP contribution < -0.4 is 5.32 Å². The molecule has 204 valence electrons. The summed E-state index contributed by atoms with van der Waals surface area (Å²) in [6.07, 6.45) is 0.510. The zero-order chi connectivity index (χ0) is 27.6. The van der Waals surface area contributed by atoms with E-state index in [4.69, 9.17) is 9.47 Å². The summed E-state index contributed by atoms with van der Waals surface area (Å²) < 4.78 is 11.9. The van der Waals surface area contributed by atoms with Gasteiger partial charge in [-0.1, -0.05) is 55.0 Å². The monoisotopic (exact) mass is 523 g/mol. The fraction of sp³-hybridized carbons (Fsp3) is 0.567. The smallest absolute Gasteiger partial charge is 0.303 e. The number of fused-ring (bicyclic) bond motifs is 1. The number of carbonyl (C=O) groups excluding carboxylic acids is 3. The summed E-state index contributed by atoms with van der Waals surface area (Å²) in [5, 5.41) is 26.1. The standard InChI is InChI=1S/C30H37NO7/c1-15-10-9-13-20-23(33)17(3)16(2)22-21(14-19-11-7-6-8-12-19)31-28(35)30(20,22)27(37-18(4)32)24-26(38-24)29(5,36)25(15)34/h6-9,11-13,15,20-24,26-27,33,36H,10,14H2,1-5H3,(H,31,35)/t15-,20-,21-,22+,23+,24+,26+,27+,29-,30-/m0/s1. The summed E-state index contributed by atoms with van der Waals surface area (Å²) in [7, 11) is 0. The zero-order valence-electron chi connectivity index (χ0n) is 22.5. The normalized spacial score (nSPS) is 42.4. The van der Waals surface area contributed by atoms with E-state index in [1.807, 2.05) is 44.2 Å². The van der Waals surface area contributed by atoms with Gasteiger partial charge in [-0.3, -0.25) is 14.4 Å². The summed E-state index contributed by atoms with van der Waals surface area (Å²) in [5.74, 6) is -2.99. The van der Waals surface area contributed by atoms with Crippen LogP contribution in [-0.4, -0.2) is 63.9 Å². The predicted molar refractivity (Wildman–Crippen MR) is 139 cm³/mol. The number of epoxide rings is 1. The first-order valence-electron chi connectivity index (χ1n) is 13.4. The van der Waals surface area contributed by atoms with Gasteiger partial charge in [0.1, 0.15) is 29.3 Å².